The highest BCUT2D eigenvalue weighted by molar-refractivity contribution is 6.31. The van der Waals surface area contributed by atoms with E-state index in [1.54, 1.807) is 7.11 Å². The number of hydrogen-bond donors (Lipinski definition) is 0. The number of methoxy groups -OCH3 is 1. The predicted octanol–water partition coefficient (Wildman–Crippen LogP) is 4.67. The van der Waals surface area contributed by atoms with Crippen LogP contribution >= 0.6 is 11.6 Å². The van der Waals surface area contributed by atoms with Crippen LogP contribution in [-0.2, 0) is 16.2 Å². The van der Waals surface area contributed by atoms with Crippen LogP contribution in [0.3, 0.4) is 0 Å². The number of benzene rings is 2. The Kier molecular flexibility index (Phi) is 6.05. The van der Waals surface area contributed by atoms with Crippen molar-refractivity contribution in [1.29, 1.82) is 0 Å². The van der Waals surface area contributed by atoms with Crippen LogP contribution in [0.2, 0.25) is 5.02 Å². The molecule has 5 nitrogen and oxygen atoms in total. The zero-order valence-electron chi connectivity index (χ0n) is 16.5. The maximum atomic E-state index is 13.1. The summed E-state index contributed by atoms with van der Waals surface area (Å²) in [6.45, 7) is 0.974. The zero-order valence-corrected chi connectivity index (χ0v) is 17.3. The first-order chi connectivity index (χ1) is 14.2. The fourth-order valence-corrected chi connectivity index (χ4v) is 3.99. The monoisotopic (exact) mass is 412 g/mol. The number of amides is 1. The maximum absolute atomic E-state index is 13.1. The summed E-state index contributed by atoms with van der Waals surface area (Å²) in [7, 11) is 1.65. The van der Waals surface area contributed by atoms with Crippen LogP contribution in [0.15, 0.2) is 53.7 Å². The lowest BCUT2D eigenvalue weighted by Crippen LogP contribution is -2.42. The number of ether oxygens (including phenoxy) is 1. The van der Waals surface area contributed by atoms with Gasteiger partial charge in [0.2, 0.25) is 5.91 Å². The number of para-hydroxylation sites is 1. The Morgan fingerprint density at radius 1 is 1.21 bits per heavy atom. The lowest BCUT2D eigenvalue weighted by molar-refractivity contribution is -0.140. The SMILES string of the molecule is COc1ccccc1C1=NOC(CN(Cc2ccccc2Cl)C(=O)C2CCC2)C1. The van der Waals surface area contributed by atoms with Crippen LogP contribution in [0.4, 0.5) is 0 Å². The lowest BCUT2D eigenvalue weighted by Gasteiger charge is -2.33. The van der Waals surface area contributed by atoms with Crippen molar-refractivity contribution in [3.8, 4) is 5.75 Å². The fourth-order valence-electron chi connectivity index (χ4n) is 3.79. The van der Waals surface area contributed by atoms with E-state index in [9.17, 15) is 4.79 Å². The number of nitrogens with zero attached hydrogens (tertiary/aromatic N) is 2. The second-order valence-electron chi connectivity index (χ2n) is 7.61. The molecule has 1 aliphatic heterocycles. The molecule has 1 amide bonds. The van der Waals surface area contributed by atoms with Crippen LogP contribution in [0.5, 0.6) is 5.75 Å². The molecule has 0 saturated heterocycles. The third kappa shape index (κ3) is 4.40. The summed E-state index contributed by atoms with van der Waals surface area (Å²) in [5.74, 6) is 1.08. The molecular formula is C23H25ClN2O3. The van der Waals surface area contributed by atoms with Crippen molar-refractivity contribution in [1.82, 2.24) is 4.90 Å². The van der Waals surface area contributed by atoms with E-state index in [1.807, 2.05) is 53.4 Å². The van der Waals surface area contributed by atoms with Crippen LogP contribution in [0.25, 0.3) is 0 Å². The number of carbonyl (C=O) groups is 1. The number of halogens is 1. The standard InChI is InChI=1S/C23H25ClN2O3/c1-28-22-12-5-3-10-19(22)21-13-18(29-25-21)15-26(23(27)16-8-6-9-16)14-17-7-2-4-11-20(17)24/h2-5,7,10-12,16,18H,6,8-9,13-15H2,1H3. The number of hydrogen-bond acceptors (Lipinski definition) is 4. The molecule has 2 aromatic carbocycles. The molecule has 152 valence electrons. The van der Waals surface area contributed by atoms with Gasteiger partial charge in [-0.3, -0.25) is 4.79 Å². The van der Waals surface area contributed by atoms with Crippen molar-refractivity contribution in [2.45, 2.75) is 38.3 Å². The van der Waals surface area contributed by atoms with Crippen molar-refractivity contribution < 1.29 is 14.4 Å². The summed E-state index contributed by atoms with van der Waals surface area (Å²) < 4.78 is 5.44. The molecule has 1 heterocycles. The van der Waals surface area contributed by atoms with Gasteiger partial charge in [-0.2, -0.15) is 0 Å². The highest BCUT2D eigenvalue weighted by Gasteiger charge is 2.33. The summed E-state index contributed by atoms with van der Waals surface area (Å²) in [5, 5.41) is 4.96. The van der Waals surface area contributed by atoms with Crippen LogP contribution < -0.4 is 4.74 Å². The van der Waals surface area contributed by atoms with Gasteiger partial charge in [-0.25, -0.2) is 0 Å². The molecular weight excluding hydrogens is 388 g/mol. The highest BCUT2D eigenvalue weighted by atomic mass is 35.5. The van der Waals surface area contributed by atoms with Gasteiger partial charge in [0.1, 0.15) is 5.75 Å². The van der Waals surface area contributed by atoms with Gasteiger partial charge in [0, 0.05) is 29.5 Å². The van der Waals surface area contributed by atoms with Gasteiger partial charge >= 0.3 is 0 Å². The second kappa shape index (κ2) is 8.87. The Labute approximate surface area is 176 Å². The third-order valence-corrected chi connectivity index (χ3v) is 6.03. The Morgan fingerprint density at radius 3 is 2.69 bits per heavy atom. The first kappa shape index (κ1) is 19.8. The van der Waals surface area contributed by atoms with Crippen molar-refractivity contribution >= 4 is 23.2 Å². The average Bonchev–Trinajstić information content (AvgIpc) is 3.16. The van der Waals surface area contributed by atoms with Gasteiger partial charge in [0.25, 0.3) is 0 Å². The van der Waals surface area contributed by atoms with Crippen molar-refractivity contribution in [3.05, 3.63) is 64.7 Å². The van der Waals surface area contributed by atoms with E-state index in [2.05, 4.69) is 5.16 Å². The second-order valence-corrected chi connectivity index (χ2v) is 8.02. The molecule has 0 spiro atoms. The minimum atomic E-state index is -0.179. The molecule has 1 unspecified atom stereocenters. The molecule has 29 heavy (non-hydrogen) atoms. The van der Waals surface area contributed by atoms with Crippen LogP contribution in [0, 0.1) is 5.92 Å². The fraction of sp³-hybridized carbons (Fsp3) is 0.391. The minimum absolute atomic E-state index is 0.119. The number of carbonyl (C=O) groups excluding carboxylic acids is 1. The summed E-state index contributed by atoms with van der Waals surface area (Å²) in [5.41, 5.74) is 2.73. The van der Waals surface area contributed by atoms with E-state index in [0.717, 1.165) is 41.9 Å². The Morgan fingerprint density at radius 2 is 1.97 bits per heavy atom. The molecule has 0 N–H and O–H groups in total. The van der Waals surface area contributed by atoms with Crippen molar-refractivity contribution in [2.24, 2.45) is 11.1 Å². The summed E-state index contributed by atoms with van der Waals surface area (Å²) in [6, 6.07) is 15.4. The van der Waals surface area contributed by atoms with E-state index >= 15 is 0 Å². The van der Waals surface area contributed by atoms with Gasteiger partial charge in [-0.1, -0.05) is 53.5 Å². The van der Waals surface area contributed by atoms with Crippen LogP contribution in [0.1, 0.15) is 36.8 Å². The topological polar surface area (TPSA) is 51.1 Å². The molecule has 4 rings (SSSR count). The number of oxime groups is 1. The highest BCUT2D eigenvalue weighted by Crippen LogP contribution is 2.31. The quantitative estimate of drug-likeness (QED) is 0.664. The summed E-state index contributed by atoms with van der Waals surface area (Å²) in [4.78, 5) is 20.6. The Balaban J connectivity index is 1.47. The Bertz CT molecular complexity index is 911. The maximum Gasteiger partial charge on any atom is 0.226 e. The molecule has 1 saturated carbocycles. The summed E-state index contributed by atoms with van der Waals surface area (Å²) in [6.07, 6.45) is 3.51. The first-order valence-electron chi connectivity index (χ1n) is 10.0. The van der Waals surface area contributed by atoms with Gasteiger partial charge in [0.15, 0.2) is 6.10 Å². The van der Waals surface area contributed by atoms with Gasteiger partial charge in [-0.05, 0) is 36.6 Å². The van der Waals surface area contributed by atoms with E-state index in [0.29, 0.717) is 24.5 Å². The molecule has 6 heteroatoms. The molecule has 0 aromatic heterocycles. The zero-order chi connectivity index (χ0) is 20.2. The van der Waals surface area contributed by atoms with E-state index in [1.165, 1.54) is 0 Å². The molecule has 0 radical (unpaired) electrons. The predicted molar refractivity (Wildman–Crippen MR) is 113 cm³/mol. The van der Waals surface area contributed by atoms with E-state index in [4.69, 9.17) is 21.2 Å². The van der Waals surface area contributed by atoms with E-state index < -0.39 is 0 Å². The van der Waals surface area contributed by atoms with Gasteiger partial charge < -0.3 is 14.5 Å². The Hall–Kier alpha value is -2.53. The molecule has 1 atom stereocenters. The van der Waals surface area contributed by atoms with Crippen LogP contribution in [-0.4, -0.2) is 36.3 Å². The smallest absolute Gasteiger partial charge is 0.226 e. The van der Waals surface area contributed by atoms with E-state index in [-0.39, 0.29) is 17.9 Å². The van der Waals surface area contributed by atoms with Crippen molar-refractivity contribution in [2.75, 3.05) is 13.7 Å². The van der Waals surface area contributed by atoms with Gasteiger partial charge in [0.05, 0.1) is 19.4 Å². The lowest BCUT2D eigenvalue weighted by atomic mass is 9.84. The molecule has 2 aliphatic rings. The summed E-state index contributed by atoms with van der Waals surface area (Å²) >= 11 is 6.35. The molecule has 1 aliphatic carbocycles. The third-order valence-electron chi connectivity index (χ3n) is 5.66. The normalized spacial score (nSPS) is 18.6. The minimum Gasteiger partial charge on any atom is -0.496 e. The average molecular weight is 413 g/mol. The molecule has 0 bridgehead atoms. The van der Waals surface area contributed by atoms with Gasteiger partial charge in [-0.15, -0.1) is 0 Å². The number of rotatable bonds is 7. The van der Waals surface area contributed by atoms with Crippen molar-refractivity contribution in [3.63, 3.8) is 0 Å². The largest absolute Gasteiger partial charge is 0.496 e. The first-order valence-corrected chi connectivity index (χ1v) is 10.4. The molecule has 2 aromatic rings. The molecule has 1 fully saturated rings.